The first-order valence-corrected chi connectivity index (χ1v) is 22.0. The van der Waals surface area contributed by atoms with Crippen molar-refractivity contribution < 1.29 is 59.0 Å². The van der Waals surface area contributed by atoms with E-state index < -0.39 is 75.2 Å². The van der Waals surface area contributed by atoms with Crippen molar-refractivity contribution in [1.29, 1.82) is 0 Å². The summed E-state index contributed by atoms with van der Waals surface area (Å²) in [5, 5.41) is 73.9. The van der Waals surface area contributed by atoms with E-state index in [1.807, 2.05) is 6.08 Å². The van der Waals surface area contributed by atoms with Crippen molar-refractivity contribution >= 4 is 13.7 Å². The summed E-state index contributed by atoms with van der Waals surface area (Å²) in [6, 6.07) is -1.26. The fourth-order valence-electron chi connectivity index (χ4n) is 6.23. The van der Waals surface area contributed by atoms with Crippen LogP contribution in [0.2, 0.25) is 0 Å². The molecule has 0 spiro atoms. The summed E-state index contributed by atoms with van der Waals surface area (Å²) in [4.78, 5) is 23.2. The van der Waals surface area contributed by atoms with Gasteiger partial charge in [-0.25, -0.2) is 4.57 Å². The van der Waals surface area contributed by atoms with Crippen molar-refractivity contribution in [2.45, 2.75) is 204 Å². The standard InChI is InChI=1S/C40H74NO12P/c1-3-5-7-9-11-13-14-15-16-17-18-19-20-21-23-25-27-31(42)29-34(44)41-32(33(43)28-26-24-22-12-10-8-6-4-2)30-52-54(50,51)53-40-38(48)36(46)35(45)37(47)39(40)49/h10,12,18-19,26,28,31-33,35-40,42-43,45-49H,3-9,11,13-17,20-25,27,29-30H2,1-2H3,(H,41,44)(H,50,51)/b12-10+,19-18-,28-26+. The average molecular weight is 792 g/mol. The number of phosphoric acid groups is 1. The molecule has 316 valence electrons. The molecule has 0 aromatic rings. The van der Waals surface area contributed by atoms with Crippen LogP contribution in [0.3, 0.4) is 0 Å². The molecule has 1 aliphatic rings. The van der Waals surface area contributed by atoms with Gasteiger partial charge in [-0.2, -0.15) is 0 Å². The Balaban J connectivity index is 2.56. The summed E-state index contributed by atoms with van der Waals surface area (Å²) in [5.74, 6) is -0.617. The highest BCUT2D eigenvalue weighted by Gasteiger charge is 2.51. The van der Waals surface area contributed by atoms with Crippen LogP contribution < -0.4 is 5.32 Å². The summed E-state index contributed by atoms with van der Waals surface area (Å²) in [5.41, 5.74) is 0. The fraction of sp³-hybridized carbons (Fsp3) is 0.825. The molecule has 0 heterocycles. The summed E-state index contributed by atoms with van der Waals surface area (Å²) in [6.07, 6.45) is 18.6. The molecule has 0 radical (unpaired) electrons. The second-order valence-corrected chi connectivity index (χ2v) is 16.1. The number of aliphatic hydroxyl groups excluding tert-OH is 7. The van der Waals surface area contributed by atoms with E-state index in [2.05, 4.69) is 37.4 Å². The Morgan fingerprint density at radius 3 is 1.69 bits per heavy atom. The van der Waals surface area contributed by atoms with Crippen LogP contribution in [-0.4, -0.2) is 108 Å². The number of carbonyl (C=O) groups excluding carboxylic acids is 1. The molecular formula is C40H74NO12P. The third kappa shape index (κ3) is 22.9. The highest BCUT2D eigenvalue weighted by Crippen LogP contribution is 2.47. The maximum atomic E-state index is 12.9. The van der Waals surface area contributed by atoms with E-state index in [0.717, 1.165) is 57.8 Å². The van der Waals surface area contributed by atoms with Crippen LogP contribution in [0, 0.1) is 0 Å². The Morgan fingerprint density at radius 2 is 1.11 bits per heavy atom. The lowest BCUT2D eigenvalue weighted by Crippen LogP contribution is -2.64. The molecule has 0 aliphatic heterocycles. The number of allylic oxidation sites excluding steroid dienone is 5. The molecule has 0 bridgehead atoms. The number of rotatable bonds is 32. The highest BCUT2D eigenvalue weighted by molar-refractivity contribution is 7.47. The number of aliphatic hydroxyl groups is 7. The lowest BCUT2D eigenvalue weighted by atomic mass is 9.85. The predicted molar refractivity (Wildman–Crippen MR) is 210 cm³/mol. The molecule has 1 fully saturated rings. The van der Waals surface area contributed by atoms with Gasteiger partial charge in [0.2, 0.25) is 5.91 Å². The maximum absolute atomic E-state index is 12.9. The van der Waals surface area contributed by atoms with Crippen molar-refractivity contribution in [3.8, 4) is 0 Å². The number of hydrogen-bond acceptors (Lipinski definition) is 11. The van der Waals surface area contributed by atoms with Gasteiger partial charge in [-0.1, -0.05) is 127 Å². The zero-order valence-electron chi connectivity index (χ0n) is 32.9. The number of unbranched alkanes of at least 4 members (excludes halogenated alkanes) is 15. The quantitative estimate of drug-likeness (QED) is 0.0237. The fourth-order valence-corrected chi connectivity index (χ4v) is 7.20. The average Bonchev–Trinajstić information content (AvgIpc) is 3.14. The second-order valence-electron chi connectivity index (χ2n) is 14.7. The van der Waals surface area contributed by atoms with E-state index in [-0.39, 0.29) is 6.42 Å². The molecule has 9 N–H and O–H groups in total. The SMILES string of the molecule is CCCC/C=C/CC/C=C/C(O)C(COP(=O)(O)OC1C(O)C(O)C(O)C(O)C1O)NC(=O)CC(O)CCCCC/C=C\CCCCCCCCCCC. The summed E-state index contributed by atoms with van der Waals surface area (Å²) in [6.45, 7) is 3.60. The van der Waals surface area contributed by atoms with Gasteiger partial charge in [0.05, 0.1) is 31.3 Å². The molecule has 0 saturated heterocycles. The molecule has 0 aromatic carbocycles. The van der Waals surface area contributed by atoms with Crippen LogP contribution in [0.15, 0.2) is 36.5 Å². The number of amides is 1. The van der Waals surface area contributed by atoms with Crippen molar-refractivity contribution in [2.24, 2.45) is 0 Å². The van der Waals surface area contributed by atoms with E-state index in [9.17, 15) is 50.0 Å². The molecule has 1 rings (SSSR count). The van der Waals surface area contributed by atoms with Gasteiger partial charge in [0.1, 0.15) is 36.6 Å². The largest absolute Gasteiger partial charge is 0.472 e. The lowest BCUT2D eigenvalue weighted by Gasteiger charge is -2.41. The van der Waals surface area contributed by atoms with Gasteiger partial charge in [-0.05, 0) is 51.4 Å². The first kappa shape index (κ1) is 50.5. The minimum absolute atomic E-state index is 0.264. The van der Waals surface area contributed by atoms with E-state index in [4.69, 9.17) is 9.05 Å². The van der Waals surface area contributed by atoms with Crippen LogP contribution in [-0.2, 0) is 18.4 Å². The van der Waals surface area contributed by atoms with Gasteiger partial charge in [-0.3, -0.25) is 13.8 Å². The van der Waals surface area contributed by atoms with Crippen LogP contribution >= 0.6 is 7.82 Å². The molecule has 13 nitrogen and oxygen atoms in total. The molecule has 8 unspecified atom stereocenters. The zero-order chi connectivity index (χ0) is 40.2. The Hall–Kier alpha value is -1.48. The molecule has 1 amide bonds. The third-order valence-corrected chi connectivity index (χ3v) is 10.7. The van der Waals surface area contributed by atoms with Crippen LogP contribution in [0.1, 0.15) is 149 Å². The number of phosphoric ester groups is 1. The smallest absolute Gasteiger partial charge is 0.393 e. The van der Waals surface area contributed by atoms with Crippen LogP contribution in [0.5, 0.6) is 0 Å². The number of nitrogens with one attached hydrogen (secondary N) is 1. The first-order valence-electron chi connectivity index (χ1n) is 20.5. The lowest BCUT2D eigenvalue weighted by molar-refractivity contribution is -0.220. The van der Waals surface area contributed by atoms with Gasteiger partial charge in [0.15, 0.2) is 0 Å². The minimum Gasteiger partial charge on any atom is -0.393 e. The molecular weight excluding hydrogens is 717 g/mol. The Bertz CT molecular complexity index is 1080. The van der Waals surface area contributed by atoms with Crippen molar-refractivity contribution in [3.63, 3.8) is 0 Å². The van der Waals surface area contributed by atoms with Gasteiger partial charge in [-0.15, -0.1) is 0 Å². The van der Waals surface area contributed by atoms with Crippen molar-refractivity contribution in [2.75, 3.05) is 6.61 Å². The molecule has 0 aromatic heterocycles. The van der Waals surface area contributed by atoms with E-state index in [0.29, 0.717) is 12.8 Å². The Kier molecular flexibility index (Phi) is 28.7. The van der Waals surface area contributed by atoms with E-state index in [1.165, 1.54) is 63.9 Å². The van der Waals surface area contributed by atoms with Gasteiger partial charge >= 0.3 is 7.82 Å². The van der Waals surface area contributed by atoms with Gasteiger partial charge in [0, 0.05) is 0 Å². The number of hydrogen-bond donors (Lipinski definition) is 9. The first-order chi connectivity index (χ1) is 25.8. The predicted octanol–water partition coefficient (Wildman–Crippen LogP) is 5.41. The third-order valence-electron chi connectivity index (χ3n) is 9.70. The van der Waals surface area contributed by atoms with Crippen molar-refractivity contribution in [3.05, 3.63) is 36.5 Å². The maximum Gasteiger partial charge on any atom is 0.472 e. The van der Waals surface area contributed by atoms with E-state index >= 15 is 0 Å². The molecule has 54 heavy (non-hydrogen) atoms. The highest BCUT2D eigenvalue weighted by atomic mass is 31.2. The summed E-state index contributed by atoms with van der Waals surface area (Å²) < 4.78 is 22.7. The normalized spacial score (nSPS) is 25.0. The van der Waals surface area contributed by atoms with Crippen LogP contribution in [0.4, 0.5) is 0 Å². The van der Waals surface area contributed by atoms with Crippen molar-refractivity contribution in [1.82, 2.24) is 5.32 Å². The van der Waals surface area contributed by atoms with Gasteiger partial charge < -0.3 is 46.0 Å². The topological polar surface area (TPSA) is 226 Å². The summed E-state index contributed by atoms with van der Waals surface area (Å²) >= 11 is 0. The van der Waals surface area contributed by atoms with Gasteiger partial charge in [0.25, 0.3) is 0 Å². The Labute approximate surface area is 324 Å². The van der Waals surface area contributed by atoms with E-state index in [1.54, 1.807) is 6.08 Å². The minimum atomic E-state index is -5.14. The van der Waals surface area contributed by atoms with Crippen LogP contribution in [0.25, 0.3) is 0 Å². The molecule has 1 saturated carbocycles. The zero-order valence-corrected chi connectivity index (χ0v) is 33.8. The second kappa shape index (κ2) is 30.6. The molecule has 8 atom stereocenters. The monoisotopic (exact) mass is 791 g/mol. The Morgan fingerprint density at radius 1 is 0.648 bits per heavy atom. The number of carbonyl (C=O) groups is 1. The molecule has 1 aliphatic carbocycles. The summed E-state index contributed by atoms with van der Waals surface area (Å²) in [7, 11) is -5.14. The molecule has 14 heteroatoms.